The lowest BCUT2D eigenvalue weighted by molar-refractivity contribution is -0.140. The molecule has 12 nitrogen and oxygen atoms in total. The second-order valence-corrected chi connectivity index (χ2v) is 14.4. The Kier molecular flexibility index (Phi) is 11.7. The largest absolute Gasteiger partial charge is 0.488 e. The number of nitrogens with zero attached hydrogens (tertiary/aromatic N) is 5. The van der Waals surface area contributed by atoms with E-state index in [2.05, 4.69) is 62.3 Å². The number of nitriles is 1. The van der Waals surface area contributed by atoms with Crippen molar-refractivity contribution in [2.24, 2.45) is 0 Å². The number of ether oxygens (including phenoxy) is 2. The van der Waals surface area contributed by atoms with Crippen molar-refractivity contribution >= 4 is 28.5 Å². The summed E-state index contributed by atoms with van der Waals surface area (Å²) in [5, 5.41) is 47.2. The van der Waals surface area contributed by atoms with Gasteiger partial charge in [0.05, 0.1) is 35.0 Å². The molecule has 54 heavy (non-hydrogen) atoms. The Morgan fingerprint density at radius 2 is 1.81 bits per heavy atom. The van der Waals surface area contributed by atoms with Crippen LogP contribution in [0.25, 0.3) is 22.0 Å². The van der Waals surface area contributed by atoms with Crippen LogP contribution in [-0.4, -0.2) is 79.3 Å². The molecule has 1 aliphatic heterocycles. The highest BCUT2D eigenvalue weighted by atomic mass is 35.5. The third-order valence-electron chi connectivity index (χ3n) is 10.1. The standard InChI is InChI=1S/C41H43ClN6O6/c42-35-15-30(20-45-36(23-49)41(51)52)38(53-24-27-14-26(17-43)18-44-19-27)16-39(35)54-25-29-4-1-6-33(40(29)28-8-9-28)32-5-2-7-37-34(32)21-46-48(37)12-3-11-47-13-10-31(50)22-47/h1-2,4-7,14-16,18-19,21,28,31,36,45,49-50H,3,8-13,20,22-25H2,(H,51,52)/t31-,36?/m1/s1. The van der Waals surface area contributed by atoms with E-state index in [-0.39, 0.29) is 25.9 Å². The predicted molar refractivity (Wildman–Crippen MR) is 203 cm³/mol. The Morgan fingerprint density at radius 3 is 2.57 bits per heavy atom. The van der Waals surface area contributed by atoms with Crippen molar-refractivity contribution in [2.75, 3.05) is 26.2 Å². The van der Waals surface area contributed by atoms with Gasteiger partial charge in [0.1, 0.15) is 36.8 Å². The van der Waals surface area contributed by atoms with E-state index in [9.17, 15) is 25.4 Å². The van der Waals surface area contributed by atoms with Gasteiger partial charge in [-0.05, 0) is 72.1 Å². The van der Waals surface area contributed by atoms with E-state index < -0.39 is 18.6 Å². The van der Waals surface area contributed by atoms with Gasteiger partial charge < -0.3 is 29.7 Å². The van der Waals surface area contributed by atoms with Crippen LogP contribution in [0.4, 0.5) is 0 Å². The molecule has 3 heterocycles. The Balaban J connectivity index is 1.12. The molecule has 0 amide bonds. The van der Waals surface area contributed by atoms with Crippen LogP contribution in [-0.2, 0) is 31.1 Å². The molecule has 1 unspecified atom stereocenters. The van der Waals surface area contributed by atoms with Gasteiger partial charge in [-0.25, -0.2) is 0 Å². The number of hydrogen-bond acceptors (Lipinski definition) is 10. The minimum absolute atomic E-state index is 0.0575. The average Bonchev–Trinajstić information content (AvgIpc) is 3.81. The van der Waals surface area contributed by atoms with Crippen LogP contribution in [0.5, 0.6) is 11.5 Å². The van der Waals surface area contributed by atoms with Crippen molar-refractivity contribution in [3.8, 4) is 28.7 Å². The number of aliphatic hydroxyl groups excluding tert-OH is 2. The lowest BCUT2D eigenvalue weighted by Gasteiger charge is -2.19. The quantitative estimate of drug-likeness (QED) is 0.0928. The molecule has 1 saturated heterocycles. The number of carboxylic acids is 1. The van der Waals surface area contributed by atoms with Crippen LogP contribution < -0.4 is 14.8 Å². The number of pyridine rings is 1. The summed E-state index contributed by atoms with van der Waals surface area (Å²) in [6, 6.07) is 18.7. The second-order valence-electron chi connectivity index (χ2n) is 14.0. The third-order valence-corrected chi connectivity index (χ3v) is 10.4. The summed E-state index contributed by atoms with van der Waals surface area (Å²) in [5.41, 5.74) is 7.36. The fourth-order valence-corrected chi connectivity index (χ4v) is 7.41. The molecule has 0 bridgehead atoms. The molecule has 1 saturated carbocycles. The van der Waals surface area contributed by atoms with Crippen molar-refractivity contribution in [2.45, 2.75) is 70.1 Å². The molecule has 4 N–H and O–H groups in total. The van der Waals surface area contributed by atoms with Crippen LogP contribution in [0.15, 0.2) is 73.2 Å². The van der Waals surface area contributed by atoms with Crippen molar-refractivity contribution < 1.29 is 29.6 Å². The van der Waals surface area contributed by atoms with Gasteiger partial charge in [-0.2, -0.15) is 10.4 Å². The molecule has 2 aliphatic rings. The van der Waals surface area contributed by atoms with Gasteiger partial charge in [-0.1, -0.05) is 41.9 Å². The molecule has 0 radical (unpaired) electrons. The minimum Gasteiger partial charge on any atom is -0.488 e. The monoisotopic (exact) mass is 750 g/mol. The number of carbonyl (C=O) groups is 1. The minimum atomic E-state index is -1.18. The number of aliphatic carboxylic acids is 1. The van der Waals surface area contributed by atoms with Gasteiger partial charge in [0.15, 0.2) is 0 Å². The molecular weight excluding hydrogens is 708 g/mol. The van der Waals surface area contributed by atoms with Crippen molar-refractivity contribution in [3.05, 3.63) is 106 Å². The third kappa shape index (κ3) is 8.67. The Hall–Kier alpha value is -5.03. The fraction of sp³-hybridized carbons (Fsp3) is 0.366. The lowest BCUT2D eigenvalue weighted by atomic mass is 9.91. The summed E-state index contributed by atoms with van der Waals surface area (Å²) in [4.78, 5) is 18.0. The molecule has 2 aromatic heterocycles. The summed E-state index contributed by atoms with van der Waals surface area (Å²) in [7, 11) is 0. The summed E-state index contributed by atoms with van der Waals surface area (Å²) >= 11 is 6.78. The number of β-amino-alcohol motifs (C(OH)–C–C–N with tert-alkyl or cyclic N) is 1. The number of nitrogens with one attached hydrogen (secondary N) is 1. The second kappa shape index (κ2) is 17.0. The first-order valence-corrected chi connectivity index (χ1v) is 18.6. The van der Waals surface area contributed by atoms with Crippen molar-refractivity contribution in [3.63, 3.8) is 0 Å². The number of benzene rings is 3. The number of fused-ring (bicyclic) bond motifs is 1. The number of rotatable bonds is 17. The summed E-state index contributed by atoms with van der Waals surface area (Å²) in [5.74, 6) is 0.0361. The Bertz CT molecular complexity index is 2160. The molecule has 7 rings (SSSR count). The van der Waals surface area contributed by atoms with Crippen molar-refractivity contribution in [1.29, 1.82) is 5.26 Å². The maximum Gasteiger partial charge on any atom is 0.323 e. The van der Waals surface area contributed by atoms with E-state index in [4.69, 9.17) is 26.2 Å². The molecule has 280 valence electrons. The molecule has 1 aliphatic carbocycles. The number of aryl methyl sites for hydroxylation is 1. The fourth-order valence-electron chi connectivity index (χ4n) is 7.17. The summed E-state index contributed by atoms with van der Waals surface area (Å²) < 4.78 is 14.7. The van der Waals surface area contributed by atoms with E-state index in [1.54, 1.807) is 24.4 Å². The van der Waals surface area contributed by atoms with E-state index in [1.165, 1.54) is 11.8 Å². The Morgan fingerprint density at radius 1 is 1.00 bits per heavy atom. The number of aromatic nitrogens is 3. The van der Waals surface area contributed by atoms with E-state index >= 15 is 0 Å². The molecule has 13 heteroatoms. The van der Waals surface area contributed by atoms with Gasteiger partial charge in [-0.3, -0.25) is 19.8 Å². The average molecular weight is 751 g/mol. The normalized spacial score (nSPS) is 16.4. The lowest BCUT2D eigenvalue weighted by Crippen LogP contribution is -2.39. The predicted octanol–water partition coefficient (Wildman–Crippen LogP) is 5.65. The molecule has 2 fully saturated rings. The number of hydrogen-bond donors (Lipinski definition) is 4. The smallest absolute Gasteiger partial charge is 0.323 e. The topological polar surface area (TPSA) is 166 Å². The maximum absolute atomic E-state index is 11.6. The van der Waals surface area contributed by atoms with E-state index in [0.717, 1.165) is 79.5 Å². The van der Waals surface area contributed by atoms with Gasteiger partial charge in [-0.15, -0.1) is 0 Å². The molecule has 0 spiro atoms. The highest BCUT2D eigenvalue weighted by molar-refractivity contribution is 6.32. The van der Waals surface area contributed by atoms with Crippen LogP contribution in [0.2, 0.25) is 5.02 Å². The van der Waals surface area contributed by atoms with Gasteiger partial charge in [0, 0.05) is 67.7 Å². The summed E-state index contributed by atoms with van der Waals surface area (Å²) in [6.45, 7) is 3.25. The van der Waals surface area contributed by atoms with Crippen LogP contribution in [0, 0.1) is 11.3 Å². The van der Waals surface area contributed by atoms with Crippen molar-refractivity contribution in [1.82, 2.24) is 25.0 Å². The SMILES string of the molecule is N#Cc1cncc(COc2cc(OCc3cccc(-c4cccc5c4cnn5CCCN4CC[C@@H](O)C4)c3C3CC3)c(Cl)cc2CNC(CO)C(=O)O)c1. The molecule has 2 atom stereocenters. The zero-order valence-electron chi connectivity index (χ0n) is 29.8. The molecular formula is C41H43ClN6O6. The first kappa shape index (κ1) is 37.3. The first-order valence-electron chi connectivity index (χ1n) is 18.3. The number of halogens is 1. The van der Waals surface area contributed by atoms with E-state index in [0.29, 0.717) is 39.1 Å². The number of likely N-dealkylation sites (tertiary alicyclic amines) is 1. The number of aliphatic hydroxyl groups is 2. The highest BCUT2D eigenvalue weighted by Crippen LogP contribution is 2.47. The maximum atomic E-state index is 11.6. The number of carboxylic acid groups (broad SMARTS) is 1. The van der Waals surface area contributed by atoms with Crippen LogP contribution >= 0.6 is 11.6 Å². The summed E-state index contributed by atoms with van der Waals surface area (Å²) in [6.07, 6.45) is 8.82. The van der Waals surface area contributed by atoms with E-state index in [1.807, 2.05) is 6.20 Å². The zero-order chi connectivity index (χ0) is 37.6. The van der Waals surface area contributed by atoms with Crippen LogP contribution in [0.3, 0.4) is 0 Å². The zero-order valence-corrected chi connectivity index (χ0v) is 30.6. The molecule has 5 aromatic rings. The van der Waals surface area contributed by atoms with Gasteiger partial charge in [0.25, 0.3) is 0 Å². The van der Waals surface area contributed by atoms with Gasteiger partial charge >= 0.3 is 5.97 Å². The first-order chi connectivity index (χ1) is 26.3. The highest BCUT2D eigenvalue weighted by Gasteiger charge is 2.30. The van der Waals surface area contributed by atoms with Crippen LogP contribution in [0.1, 0.15) is 59.4 Å². The van der Waals surface area contributed by atoms with Gasteiger partial charge in [0.2, 0.25) is 0 Å². The molecule has 3 aromatic carbocycles. The Labute approximate surface area is 318 Å².